The van der Waals surface area contributed by atoms with Crippen molar-refractivity contribution in [1.82, 2.24) is 0 Å². The molecule has 0 saturated heterocycles. The molecule has 0 bridgehead atoms. The molecule has 0 aliphatic carbocycles. The molecule has 0 aromatic heterocycles. The Kier molecular flexibility index (Phi) is 5.14. The second kappa shape index (κ2) is 7.26. The zero-order valence-electron chi connectivity index (χ0n) is 12.5. The molecule has 0 atom stereocenters. The lowest BCUT2D eigenvalue weighted by Gasteiger charge is -2.11. The Morgan fingerprint density at radius 3 is 2.41 bits per heavy atom. The van der Waals surface area contributed by atoms with Crippen LogP contribution >= 0.6 is 0 Å². The van der Waals surface area contributed by atoms with Gasteiger partial charge in [-0.05, 0) is 30.3 Å². The highest BCUT2D eigenvalue weighted by atomic mass is 16.6. The van der Waals surface area contributed by atoms with Crippen molar-refractivity contribution in [3.05, 3.63) is 54.1 Å². The molecule has 5 nitrogen and oxygen atoms in total. The number of methoxy groups -OCH3 is 1. The van der Waals surface area contributed by atoms with Crippen molar-refractivity contribution < 1.29 is 19.1 Å². The monoisotopic (exact) mass is 299 g/mol. The van der Waals surface area contributed by atoms with Gasteiger partial charge in [-0.25, -0.2) is 0 Å². The molecule has 0 aliphatic rings. The molecule has 114 valence electrons. The maximum absolute atomic E-state index is 12.2. The van der Waals surface area contributed by atoms with Gasteiger partial charge in [-0.2, -0.15) is 0 Å². The van der Waals surface area contributed by atoms with Gasteiger partial charge in [0.15, 0.2) is 11.5 Å². The predicted octanol–water partition coefficient (Wildman–Crippen LogP) is 3.26. The van der Waals surface area contributed by atoms with Gasteiger partial charge in [-0.15, -0.1) is 0 Å². The first-order valence-electron chi connectivity index (χ1n) is 6.89. The molecule has 1 N–H and O–H groups in total. The number of para-hydroxylation sites is 1. The maximum Gasteiger partial charge on any atom is 0.311 e. The maximum atomic E-state index is 12.2. The van der Waals surface area contributed by atoms with E-state index in [0.29, 0.717) is 22.7 Å². The molecule has 5 heteroatoms. The SMILES string of the molecule is CCC(=O)Oc1ccc(C(=O)Nc2ccccc2)cc1OC. The van der Waals surface area contributed by atoms with E-state index in [1.54, 1.807) is 31.2 Å². The topological polar surface area (TPSA) is 64.6 Å². The third-order valence-corrected chi connectivity index (χ3v) is 2.97. The second-order valence-corrected chi connectivity index (χ2v) is 4.51. The number of esters is 1. The van der Waals surface area contributed by atoms with Crippen LogP contribution in [0, 0.1) is 0 Å². The van der Waals surface area contributed by atoms with Gasteiger partial charge in [0, 0.05) is 17.7 Å². The molecule has 0 fully saturated rings. The summed E-state index contributed by atoms with van der Waals surface area (Å²) in [6.45, 7) is 1.70. The summed E-state index contributed by atoms with van der Waals surface area (Å²) in [5.74, 6) is 0.00535. The fourth-order valence-electron chi connectivity index (χ4n) is 1.81. The fraction of sp³-hybridized carbons (Fsp3) is 0.176. The van der Waals surface area contributed by atoms with Crippen LogP contribution in [-0.4, -0.2) is 19.0 Å². The first-order valence-corrected chi connectivity index (χ1v) is 6.89. The van der Waals surface area contributed by atoms with E-state index in [2.05, 4.69) is 5.32 Å². The standard InChI is InChI=1S/C17H17NO4/c1-3-16(19)22-14-10-9-12(11-15(14)21-2)17(20)18-13-7-5-4-6-8-13/h4-11H,3H2,1-2H3,(H,18,20). The smallest absolute Gasteiger partial charge is 0.311 e. The molecule has 2 aromatic rings. The van der Waals surface area contributed by atoms with Crippen molar-refractivity contribution in [1.29, 1.82) is 0 Å². The third-order valence-electron chi connectivity index (χ3n) is 2.97. The molecular weight excluding hydrogens is 282 g/mol. The van der Waals surface area contributed by atoms with E-state index in [4.69, 9.17) is 9.47 Å². The van der Waals surface area contributed by atoms with Crippen LogP contribution in [0.25, 0.3) is 0 Å². The van der Waals surface area contributed by atoms with Gasteiger partial charge >= 0.3 is 5.97 Å². The summed E-state index contributed by atoms with van der Waals surface area (Å²) in [6.07, 6.45) is 0.263. The van der Waals surface area contributed by atoms with E-state index in [1.165, 1.54) is 13.2 Å². The predicted molar refractivity (Wildman–Crippen MR) is 83.3 cm³/mol. The Hall–Kier alpha value is -2.82. The molecule has 0 unspecified atom stereocenters. The van der Waals surface area contributed by atoms with Crippen molar-refractivity contribution in [2.24, 2.45) is 0 Å². The summed E-state index contributed by atoms with van der Waals surface area (Å²) >= 11 is 0. The number of nitrogens with one attached hydrogen (secondary N) is 1. The van der Waals surface area contributed by atoms with Gasteiger partial charge in [0.25, 0.3) is 5.91 Å². The van der Waals surface area contributed by atoms with E-state index in [0.717, 1.165) is 0 Å². The molecule has 0 saturated carbocycles. The van der Waals surface area contributed by atoms with Gasteiger partial charge < -0.3 is 14.8 Å². The Balaban J connectivity index is 2.18. The van der Waals surface area contributed by atoms with E-state index in [9.17, 15) is 9.59 Å². The number of carbonyl (C=O) groups is 2. The molecule has 1 amide bonds. The lowest BCUT2D eigenvalue weighted by atomic mass is 10.2. The van der Waals surface area contributed by atoms with Gasteiger partial charge in [-0.3, -0.25) is 9.59 Å². The highest BCUT2D eigenvalue weighted by molar-refractivity contribution is 6.04. The van der Waals surface area contributed by atoms with Crippen LogP contribution in [0.1, 0.15) is 23.7 Å². The minimum Gasteiger partial charge on any atom is -0.493 e. The van der Waals surface area contributed by atoms with Crippen LogP contribution < -0.4 is 14.8 Å². The Bertz CT molecular complexity index is 668. The zero-order chi connectivity index (χ0) is 15.9. The number of carbonyl (C=O) groups excluding carboxylic acids is 2. The van der Waals surface area contributed by atoms with Crippen molar-refractivity contribution >= 4 is 17.6 Å². The summed E-state index contributed by atoms with van der Waals surface area (Å²) < 4.78 is 10.3. The normalized spacial score (nSPS) is 9.91. The number of amides is 1. The lowest BCUT2D eigenvalue weighted by Crippen LogP contribution is -2.12. The van der Waals surface area contributed by atoms with Crippen molar-refractivity contribution in [3.63, 3.8) is 0 Å². The minimum absolute atomic E-state index is 0.263. The molecule has 0 spiro atoms. The number of hydrogen-bond donors (Lipinski definition) is 1. The molecule has 0 heterocycles. The van der Waals surface area contributed by atoms with Gasteiger partial charge in [-0.1, -0.05) is 25.1 Å². The van der Waals surface area contributed by atoms with Crippen LogP contribution in [0.4, 0.5) is 5.69 Å². The summed E-state index contributed by atoms with van der Waals surface area (Å²) in [6, 6.07) is 13.8. The Morgan fingerprint density at radius 2 is 1.77 bits per heavy atom. The second-order valence-electron chi connectivity index (χ2n) is 4.51. The molecule has 2 rings (SSSR count). The number of hydrogen-bond acceptors (Lipinski definition) is 4. The number of benzene rings is 2. The van der Waals surface area contributed by atoms with E-state index >= 15 is 0 Å². The molecule has 0 aliphatic heterocycles. The molecular formula is C17H17NO4. The molecule has 0 radical (unpaired) electrons. The van der Waals surface area contributed by atoms with Crippen LogP contribution in [0.3, 0.4) is 0 Å². The van der Waals surface area contributed by atoms with Crippen molar-refractivity contribution in [2.45, 2.75) is 13.3 Å². The number of anilines is 1. The highest BCUT2D eigenvalue weighted by Gasteiger charge is 2.13. The van der Waals surface area contributed by atoms with Gasteiger partial charge in [0.2, 0.25) is 0 Å². The summed E-state index contributed by atoms with van der Waals surface area (Å²) in [4.78, 5) is 23.5. The van der Waals surface area contributed by atoms with Crippen molar-refractivity contribution in [2.75, 3.05) is 12.4 Å². The largest absolute Gasteiger partial charge is 0.493 e. The quantitative estimate of drug-likeness (QED) is 0.680. The lowest BCUT2D eigenvalue weighted by molar-refractivity contribution is -0.134. The van der Waals surface area contributed by atoms with Gasteiger partial charge in [0.1, 0.15) is 0 Å². The van der Waals surface area contributed by atoms with Crippen LogP contribution in [-0.2, 0) is 4.79 Å². The van der Waals surface area contributed by atoms with Crippen molar-refractivity contribution in [3.8, 4) is 11.5 Å². The summed E-state index contributed by atoms with van der Waals surface area (Å²) in [5.41, 5.74) is 1.12. The van der Waals surface area contributed by atoms with Crippen LogP contribution in [0.2, 0.25) is 0 Å². The fourth-order valence-corrected chi connectivity index (χ4v) is 1.81. The molecule has 2 aromatic carbocycles. The first kappa shape index (κ1) is 15.6. The highest BCUT2D eigenvalue weighted by Crippen LogP contribution is 2.28. The van der Waals surface area contributed by atoms with Crippen LogP contribution in [0.15, 0.2) is 48.5 Å². The third kappa shape index (κ3) is 3.85. The average molecular weight is 299 g/mol. The van der Waals surface area contributed by atoms with E-state index in [-0.39, 0.29) is 18.3 Å². The Labute approximate surface area is 128 Å². The van der Waals surface area contributed by atoms with Gasteiger partial charge in [0.05, 0.1) is 7.11 Å². The minimum atomic E-state index is -0.361. The number of ether oxygens (including phenoxy) is 2. The average Bonchev–Trinajstić information content (AvgIpc) is 2.55. The van der Waals surface area contributed by atoms with Crippen LogP contribution in [0.5, 0.6) is 11.5 Å². The zero-order valence-corrected chi connectivity index (χ0v) is 12.5. The molecule has 22 heavy (non-hydrogen) atoms. The van der Waals surface area contributed by atoms with E-state index < -0.39 is 0 Å². The number of rotatable bonds is 5. The first-order chi connectivity index (χ1) is 10.6. The van der Waals surface area contributed by atoms with E-state index in [1.807, 2.05) is 18.2 Å². The summed E-state index contributed by atoms with van der Waals surface area (Å²) in [7, 11) is 1.46. The summed E-state index contributed by atoms with van der Waals surface area (Å²) in [5, 5.41) is 2.78. The Morgan fingerprint density at radius 1 is 1.05 bits per heavy atom.